The Morgan fingerprint density at radius 2 is 2.00 bits per heavy atom. The third-order valence-corrected chi connectivity index (χ3v) is 2.84. The van der Waals surface area contributed by atoms with E-state index >= 15 is 0 Å². The Bertz CT molecular complexity index is 477. The molecule has 0 saturated carbocycles. The van der Waals surface area contributed by atoms with Crippen LogP contribution in [-0.2, 0) is 0 Å². The topological polar surface area (TPSA) is 38.0 Å². The van der Waals surface area contributed by atoms with Crippen LogP contribution in [0.25, 0.3) is 10.8 Å². The summed E-state index contributed by atoms with van der Waals surface area (Å²) >= 11 is 0. The fraction of sp³-hybridized carbons (Fsp3) is 0.231. The van der Waals surface area contributed by atoms with Crippen LogP contribution in [0.5, 0.6) is 0 Å². The predicted molar refractivity (Wildman–Crippen MR) is 65.8 cm³/mol. The van der Waals surface area contributed by atoms with E-state index in [9.17, 15) is 0 Å². The third kappa shape index (κ3) is 1.81. The zero-order chi connectivity index (χ0) is 10.8. The lowest BCUT2D eigenvalue weighted by atomic mass is 9.99. The van der Waals surface area contributed by atoms with E-state index < -0.39 is 0 Å². The zero-order valence-corrected chi connectivity index (χ0v) is 9.12. The molecule has 0 saturated heterocycles. The molecule has 0 fully saturated rings. The van der Waals surface area contributed by atoms with Gasteiger partial charge in [-0.15, -0.1) is 0 Å². The second-order valence-corrected chi connectivity index (χ2v) is 3.84. The Kier molecular flexibility index (Phi) is 2.60. The van der Waals surface area contributed by atoms with Crippen molar-refractivity contribution in [3.8, 4) is 0 Å². The van der Waals surface area contributed by atoms with Crippen LogP contribution in [0.2, 0.25) is 0 Å². The van der Waals surface area contributed by atoms with E-state index in [1.165, 1.54) is 16.3 Å². The van der Waals surface area contributed by atoms with Gasteiger partial charge in [0.05, 0.1) is 0 Å². The molecule has 0 radical (unpaired) electrons. The molecule has 15 heavy (non-hydrogen) atoms. The second-order valence-electron chi connectivity index (χ2n) is 3.84. The summed E-state index contributed by atoms with van der Waals surface area (Å²) < 4.78 is 0. The lowest BCUT2D eigenvalue weighted by Gasteiger charge is -2.13. The first-order valence-corrected chi connectivity index (χ1v) is 5.18. The molecule has 0 aliphatic carbocycles. The molecule has 78 valence electrons. The highest BCUT2D eigenvalue weighted by Crippen LogP contribution is 2.25. The van der Waals surface area contributed by atoms with Crippen molar-refractivity contribution < 1.29 is 0 Å². The number of hydrogen-bond donors (Lipinski definition) is 2. The van der Waals surface area contributed by atoms with Gasteiger partial charge in [-0.3, -0.25) is 0 Å². The van der Waals surface area contributed by atoms with Gasteiger partial charge in [-0.25, -0.2) is 0 Å². The number of benzene rings is 2. The summed E-state index contributed by atoms with van der Waals surface area (Å²) in [6.07, 6.45) is 0. The highest BCUT2D eigenvalue weighted by Gasteiger charge is 2.06. The number of nitrogens with one attached hydrogen (secondary N) is 1. The average Bonchev–Trinajstić information content (AvgIpc) is 2.26. The Hall–Kier alpha value is -1.54. The highest BCUT2D eigenvalue weighted by atomic mass is 14.9. The van der Waals surface area contributed by atoms with E-state index in [1.807, 2.05) is 19.2 Å². The van der Waals surface area contributed by atoms with Gasteiger partial charge in [0, 0.05) is 11.7 Å². The molecule has 2 heteroatoms. The van der Waals surface area contributed by atoms with Gasteiger partial charge in [0.15, 0.2) is 0 Å². The molecule has 2 rings (SSSR count). The van der Waals surface area contributed by atoms with Gasteiger partial charge in [-0.2, -0.15) is 0 Å². The maximum atomic E-state index is 5.77. The van der Waals surface area contributed by atoms with Crippen LogP contribution in [0.15, 0.2) is 36.4 Å². The summed E-state index contributed by atoms with van der Waals surface area (Å²) in [7, 11) is 1.97. The minimum Gasteiger partial charge on any atom is -0.399 e. The van der Waals surface area contributed by atoms with Gasteiger partial charge in [-0.05, 0) is 42.4 Å². The normalized spacial score (nSPS) is 12.9. The largest absolute Gasteiger partial charge is 0.399 e. The molecule has 3 N–H and O–H groups in total. The minimum atomic E-state index is 0.359. The van der Waals surface area contributed by atoms with Crippen LogP contribution < -0.4 is 11.1 Å². The molecule has 0 amide bonds. The number of anilines is 1. The predicted octanol–water partition coefficient (Wildman–Crippen LogP) is 2.70. The van der Waals surface area contributed by atoms with E-state index in [4.69, 9.17) is 5.73 Å². The molecule has 0 aliphatic heterocycles. The van der Waals surface area contributed by atoms with Gasteiger partial charge in [0.1, 0.15) is 0 Å². The first kappa shape index (κ1) is 9.99. The van der Waals surface area contributed by atoms with Gasteiger partial charge < -0.3 is 11.1 Å². The number of nitrogen functional groups attached to an aromatic ring is 1. The maximum Gasteiger partial charge on any atom is 0.0320 e. The summed E-state index contributed by atoms with van der Waals surface area (Å²) in [4.78, 5) is 0. The first-order chi connectivity index (χ1) is 7.22. The lowest BCUT2D eigenvalue weighted by Crippen LogP contribution is -2.12. The smallest absolute Gasteiger partial charge is 0.0320 e. The van der Waals surface area contributed by atoms with Crippen molar-refractivity contribution >= 4 is 16.5 Å². The molecule has 1 unspecified atom stereocenters. The van der Waals surface area contributed by atoms with Crippen molar-refractivity contribution in [2.45, 2.75) is 13.0 Å². The zero-order valence-electron chi connectivity index (χ0n) is 9.12. The summed E-state index contributed by atoms with van der Waals surface area (Å²) in [5.74, 6) is 0. The van der Waals surface area contributed by atoms with Gasteiger partial charge in [0.2, 0.25) is 0 Å². The Morgan fingerprint density at radius 1 is 1.20 bits per heavy atom. The van der Waals surface area contributed by atoms with Crippen molar-refractivity contribution in [1.29, 1.82) is 0 Å². The first-order valence-electron chi connectivity index (χ1n) is 5.18. The van der Waals surface area contributed by atoms with Crippen LogP contribution >= 0.6 is 0 Å². The van der Waals surface area contributed by atoms with Gasteiger partial charge >= 0.3 is 0 Å². The minimum absolute atomic E-state index is 0.359. The summed E-state index contributed by atoms with van der Waals surface area (Å²) in [6.45, 7) is 2.16. The fourth-order valence-electron chi connectivity index (χ4n) is 1.86. The van der Waals surface area contributed by atoms with Gasteiger partial charge in [-0.1, -0.05) is 24.3 Å². The fourth-order valence-corrected chi connectivity index (χ4v) is 1.86. The monoisotopic (exact) mass is 200 g/mol. The molecule has 2 nitrogen and oxygen atoms in total. The lowest BCUT2D eigenvalue weighted by molar-refractivity contribution is 0.657. The van der Waals surface area contributed by atoms with Crippen molar-refractivity contribution in [2.75, 3.05) is 12.8 Å². The Morgan fingerprint density at radius 3 is 2.73 bits per heavy atom. The van der Waals surface area contributed by atoms with E-state index in [2.05, 4.69) is 36.5 Å². The Balaban J connectivity index is 2.66. The number of hydrogen-bond acceptors (Lipinski definition) is 2. The van der Waals surface area contributed by atoms with E-state index in [0.29, 0.717) is 6.04 Å². The van der Waals surface area contributed by atoms with Crippen LogP contribution in [0.3, 0.4) is 0 Å². The molecule has 0 aliphatic rings. The molecule has 1 atom stereocenters. The van der Waals surface area contributed by atoms with E-state index in [1.54, 1.807) is 0 Å². The quantitative estimate of drug-likeness (QED) is 0.731. The third-order valence-electron chi connectivity index (χ3n) is 2.84. The molecule has 0 aromatic heterocycles. The standard InChI is InChI=1S/C13H16N2/c1-9(15-2)12-5-3-4-10-8-11(14)6-7-13(10)12/h3-9,15H,14H2,1-2H3. The summed E-state index contributed by atoms with van der Waals surface area (Å²) in [5, 5.41) is 5.73. The van der Waals surface area contributed by atoms with Crippen LogP contribution in [0.4, 0.5) is 5.69 Å². The highest BCUT2D eigenvalue weighted by molar-refractivity contribution is 5.88. The number of nitrogens with two attached hydrogens (primary N) is 1. The maximum absolute atomic E-state index is 5.77. The van der Waals surface area contributed by atoms with Crippen molar-refractivity contribution in [3.05, 3.63) is 42.0 Å². The van der Waals surface area contributed by atoms with Crippen molar-refractivity contribution in [3.63, 3.8) is 0 Å². The van der Waals surface area contributed by atoms with Crippen molar-refractivity contribution in [1.82, 2.24) is 5.32 Å². The molecule has 0 heterocycles. The summed E-state index contributed by atoms with van der Waals surface area (Å²) in [5.41, 5.74) is 7.90. The average molecular weight is 200 g/mol. The second kappa shape index (κ2) is 3.91. The van der Waals surface area contributed by atoms with Crippen LogP contribution in [0.1, 0.15) is 18.5 Å². The van der Waals surface area contributed by atoms with Gasteiger partial charge in [0.25, 0.3) is 0 Å². The number of rotatable bonds is 2. The summed E-state index contributed by atoms with van der Waals surface area (Å²) in [6, 6.07) is 12.7. The molecule has 2 aromatic rings. The van der Waals surface area contributed by atoms with Crippen LogP contribution in [-0.4, -0.2) is 7.05 Å². The molecule has 0 spiro atoms. The Labute approximate surface area is 90.1 Å². The molecule has 2 aromatic carbocycles. The van der Waals surface area contributed by atoms with Crippen LogP contribution in [0, 0.1) is 0 Å². The van der Waals surface area contributed by atoms with Crippen molar-refractivity contribution in [2.24, 2.45) is 0 Å². The molecular formula is C13H16N2. The molecular weight excluding hydrogens is 184 g/mol. The number of fused-ring (bicyclic) bond motifs is 1. The molecule has 0 bridgehead atoms. The SMILES string of the molecule is CNC(C)c1cccc2cc(N)ccc12. The van der Waals surface area contributed by atoms with E-state index in [-0.39, 0.29) is 0 Å². The van der Waals surface area contributed by atoms with E-state index in [0.717, 1.165) is 5.69 Å².